The van der Waals surface area contributed by atoms with Gasteiger partial charge in [-0.3, -0.25) is 19.4 Å². The average Bonchev–Trinajstić information content (AvgIpc) is 3.39. The van der Waals surface area contributed by atoms with E-state index in [9.17, 15) is 18.8 Å². The van der Waals surface area contributed by atoms with Crippen molar-refractivity contribution in [3.8, 4) is 0 Å². The third-order valence-corrected chi connectivity index (χ3v) is 8.14. The summed E-state index contributed by atoms with van der Waals surface area (Å²) < 4.78 is 14.3. The Morgan fingerprint density at radius 2 is 1.58 bits per heavy atom. The first-order valence-corrected chi connectivity index (χ1v) is 12.5. The van der Waals surface area contributed by atoms with Gasteiger partial charge in [0.15, 0.2) is 17.3 Å². The number of fused-ring (bicyclic) bond motifs is 5. The van der Waals surface area contributed by atoms with E-state index in [4.69, 9.17) is 0 Å². The minimum Gasteiger partial charge on any atom is -0.352 e. The number of aromatic nitrogens is 1. The van der Waals surface area contributed by atoms with Crippen LogP contribution in [0.15, 0.2) is 103 Å². The highest BCUT2D eigenvalue weighted by molar-refractivity contribution is 6.32. The maximum Gasteiger partial charge on any atom is 0.185 e. The molecule has 38 heavy (non-hydrogen) atoms. The van der Waals surface area contributed by atoms with Crippen LogP contribution < -0.4 is 4.90 Å². The van der Waals surface area contributed by atoms with Crippen LogP contribution in [0, 0.1) is 11.2 Å². The lowest BCUT2D eigenvalue weighted by atomic mass is 9.64. The zero-order valence-corrected chi connectivity index (χ0v) is 20.1. The monoisotopic (exact) mass is 500 g/mol. The van der Waals surface area contributed by atoms with E-state index >= 15 is 0 Å². The Bertz CT molecular complexity index is 1630. The van der Waals surface area contributed by atoms with Crippen molar-refractivity contribution in [1.82, 2.24) is 4.98 Å². The van der Waals surface area contributed by atoms with Gasteiger partial charge in [0, 0.05) is 46.3 Å². The highest BCUT2D eigenvalue weighted by atomic mass is 19.1. The van der Waals surface area contributed by atoms with Crippen molar-refractivity contribution >= 4 is 29.1 Å². The third kappa shape index (κ3) is 2.85. The minimum absolute atomic E-state index is 0.219. The van der Waals surface area contributed by atoms with E-state index in [1.807, 2.05) is 17.0 Å². The van der Waals surface area contributed by atoms with Gasteiger partial charge in [0.25, 0.3) is 0 Å². The lowest BCUT2D eigenvalue weighted by Crippen LogP contribution is -2.48. The Morgan fingerprint density at radius 3 is 2.26 bits per heavy atom. The Labute approximate surface area is 218 Å². The van der Waals surface area contributed by atoms with Crippen LogP contribution in [0.4, 0.5) is 10.1 Å². The van der Waals surface area contributed by atoms with Gasteiger partial charge in [-0.05, 0) is 29.8 Å². The molecule has 0 amide bonds. The van der Waals surface area contributed by atoms with Crippen LogP contribution in [-0.4, -0.2) is 34.4 Å². The molecule has 0 N–H and O–H groups in total. The highest BCUT2D eigenvalue weighted by Gasteiger charge is 2.71. The highest BCUT2D eigenvalue weighted by Crippen LogP contribution is 2.60. The van der Waals surface area contributed by atoms with Gasteiger partial charge in [0.05, 0.1) is 6.04 Å². The molecule has 3 atom stereocenters. The summed E-state index contributed by atoms with van der Waals surface area (Å²) in [6, 6.07) is 22.0. The van der Waals surface area contributed by atoms with Gasteiger partial charge in [-0.2, -0.15) is 0 Å². The first kappa shape index (κ1) is 22.5. The van der Waals surface area contributed by atoms with Crippen LogP contribution in [0.2, 0.25) is 0 Å². The number of hydrogen-bond acceptors (Lipinski definition) is 5. The molecule has 184 valence electrons. The fourth-order valence-electron chi connectivity index (χ4n) is 6.65. The number of pyridine rings is 1. The van der Waals surface area contributed by atoms with Crippen LogP contribution in [0.5, 0.6) is 0 Å². The predicted octanol–water partition coefficient (Wildman–Crippen LogP) is 5.54. The van der Waals surface area contributed by atoms with E-state index in [-0.39, 0.29) is 17.3 Å². The molecule has 7 rings (SSSR count). The SMILES string of the molecule is O=C(c1ccccc1)[C@@H]1[C@@H](c2cccnc2)C2(C(=O)c3ccccc3C2=O)[C@H]2C=Cc3cc(F)ccc3N12. The summed E-state index contributed by atoms with van der Waals surface area (Å²) in [5, 5.41) is 0. The minimum atomic E-state index is -1.59. The maximum atomic E-state index is 14.5. The fraction of sp³-hybridized carbons (Fsp3) is 0.125. The number of halogens is 1. The van der Waals surface area contributed by atoms with E-state index in [1.54, 1.807) is 85.2 Å². The third-order valence-electron chi connectivity index (χ3n) is 8.14. The van der Waals surface area contributed by atoms with Gasteiger partial charge in [-0.15, -0.1) is 0 Å². The van der Waals surface area contributed by atoms with Crippen LogP contribution in [0.25, 0.3) is 6.08 Å². The molecule has 1 aromatic heterocycles. The molecule has 0 radical (unpaired) electrons. The van der Waals surface area contributed by atoms with Gasteiger partial charge in [0.1, 0.15) is 17.3 Å². The zero-order valence-electron chi connectivity index (χ0n) is 20.1. The summed E-state index contributed by atoms with van der Waals surface area (Å²) in [7, 11) is 0. The second kappa shape index (κ2) is 8.15. The van der Waals surface area contributed by atoms with Crippen molar-refractivity contribution in [3.05, 3.63) is 137 Å². The standard InChI is InChI=1S/C32H21FN2O3/c33-22-13-14-25-20(17-22)12-15-26-32(30(37)23-10-4-5-11-24(23)31(32)38)27(21-9-6-16-34-18-21)28(35(25)26)29(36)19-7-2-1-3-8-19/h1-18,26-28H/t26-,27-,28+/m1/s1. The van der Waals surface area contributed by atoms with Crippen molar-refractivity contribution < 1.29 is 18.8 Å². The van der Waals surface area contributed by atoms with Gasteiger partial charge in [-0.1, -0.05) is 72.8 Å². The number of nitrogens with zero attached hydrogens (tertiary/aromatic N) is 2. The van der Waals surface area contributed by atoms with Gasteiger partial charge < -0.3 is 4.90 Å². The van der Waals surface area contributed by atoms with Crippen LogP contribution in [0.3, 0.4) is 0 Å². The van der Waals surface area contributed by atoms with Crippen LogP contribution in [0.1, 0.15) is 48.1 Å². The van der Waals surface area contributed by atoms with E-state index in [0.29, 0.717) is 33.5 Å². The number of rotatable bonds is 3. The van der Waals surface area contributed by atoms with Crippen molar-refractivity contribution in [2.75, 3.05) is 4.90 Å². The molecular formula is C32H21FN2O3. The summed E-state index contributed by atoms with van der Waals surface area (Å²) in [6.45, 7) is 0. The number of hydrogen-bond donors (Lipinski definition) is 0. The molecule has 4 aromatic rings. The van der Waals surface area contributed by atoms with E-state index in [2.05, 4.69) is 4.98 Å². The van der Waals surface area contributed by atoms with Gasteiger partial charge in [-0.25, -0.2) is 4.39 Å². The molecular weight excluding hydrogens is 479 g/mol. The number of benzene rings is 3. The van der Waals surface area contributed by atoms with Crippen molar-refractivity contribution in [3.63, 3.8) is 0 Å². The molecule has 0 saturated carbocycles. The first-order chi connectivity index (χ1) is 18.5. The second-order valence-corrected chi connectivity index (χ2v) is 9.93. The first-order valence-electron chi connectivity index (χ1n) is 12.5. The maximum absolute atomic E-state index is 14.5. The Hall–Kier alpha value is -4.71. The summed E-state index contributed by atoms with van der Waals surface area (Å²) in [4.78, 5) is 49.5. The molecule has 1 aliphatic carbocycles. The number of ketones is 3. The van der Waals surface area contributed by atoms with E-state index in [1.165, 1.54) is 12.1 Å². The number of Topliss-reactive ketones (excluding diaryl/α,β-unsaturated/α-hetero) is 3. The van der Waals surface area contributed by atoms with Crippen LogP contribution >= 0.6 is 0 Å². The number of carbonyl (C=O) groups excluding carboxylic acids is 3. The quantitative estimate of drug-likeness (QED) is 0.273. The lowest BCUT2D eigenvalue weighted by molar-refractivity contribution is 0.0666. The van der Waals surface area contributed by atoms with E-state index < -0.39 is 29.2 Å². The summed E-state index contributed by atoms with van der Waals surface area (Å²) in [5.74, 6) is -2.07. The predicted molar refractivity (Wildman–Crippen MR) is 141 cm³/mol. The molecule has 3 heterocycles. The van der Waals surface area contributed by atoms with Crippen LogP contribution in [-0.2, 0) is 0 Å². The zero-order chi connectivity index (χ0) is 26.0. The smallest absolute Gasteiger partial charge is 0.185 e. The molecule has 3 aliphatic rings. The van der Waals surface area contributed by atoms with Crippen molar-refractivity contribution in [1.29, 1.82) is 0 Å². The van der Waals surface area contributed by atoms with Gasteiger partial charge in [0.2, 0.25) is 0 Å². The second-order valence-electron chi connectivity index (χ2n) is 9.93. The molecule has 6 heteroatoms. The normalized spacial score (nSPS) is 22.3. The molecule has 1 saturated heterocycles. The lowest BCUT2D eigenvalue weighted by Gasteiger charge is -2.37. The molecule has 0 unspecified atom stereocenters. The largest absolute Gasteiger partial charge is 0.352 e. The molecule has 3 aromatic carbocycles. The molecule has 0 bridgehead atoms. The van der Waals surface area contributed by atoms with Crippen molar-refractivity contribution in [2.24, 2.45) is 5.41 Å². The Kier molecular flexibility index (Phi) is 4.82. The van der Waals surface area contributed by atoms with Gasteiger partial charge >= 0.3 is 0 Å². The van der Waals surface area contributed by atoms with E-state index in [0.717, 1.165) is 0 Å². The fourth-order valence-corrected chi connectivity index (χ4v) is 6.65. The molecule has 5 nitrogen and oxygen atoms in total. The topological polar surface area (TPSA) is 67.3 Å². The Morgan fingerprint density at radius 1 is 0.868 bits per heavy atom. The summed E-state index contributed by atoms with van der Waals surface area (Å²) in [5.41, 5.74) is 1.41. The summed E-state index contributed by atoms with van der Waals surface area (Å²) in [6.07, 6.45) is 6.79. The van der Waals surface area contributed by atoms with Crippen molar-refractivity contribution in [2.45, 2.75) is 18.0 Å². The summed E-state index contributed by atoms with van der Waals surface area (Å²) >= 11 is 0. The molecule has 2 aliphatic heterocycles. The Balaban J connectivity index is 1.55. The molecule has 1 fully saturated rings. The average molecular weight is 501 g/mol. The number of anilines is 1. The molecule has 1 spiro atoms. The number of carbonyl (C=O) groups is 3.